The Morgan fingerprint density at radius 3 is 2.85 bits per heavy atom. The topological polar surface area (TPSA) is 43.8 Å². The fourth-order valence-electron chi connectivity index (χ4n) is 2.77. The van der Waals surface area contributed by atoms with Crippen molar-refractivity contribution in [3.63, 3.8) is 0 Å². The predicted molar refractivity (Wildman–Crippen MR) is 81.2 cm³/mol. The van der Waals surface area contributed by atoms with Crippen molar-refractivity contribution >= 4 is 23.2 Å². The average molecular weight is 297 g/mol. The molecule has 0 radical (unpaired) electrons. The number of anilines is 1. The zero-order chi connectivity index (χ0) is 14.5. The number of benzene rings is 1. The largest absolute Gasteiger partial charge is 0.395 e. The van der Waals surface area contributed by atoms with Gasteiger partial charge in [-0.25, -0.2) is 0 Å². The molecule has 1 heterocycles. The van der Waals surface area contributed by atoms with Gasteiger partial charge in [0.15, 0.2) is 0 Å². The summed E-state index contributed by atoms with van der Waals surface area (Å²) in [5, 5.41) is 9.73. The summed E-state index contributed by atoms with van der Waals surface area (Å²) >= 11 is 6.20. The zero-order valence-corrected chi connectivity index (χ0v) is 12.5. The standard InChI is InChI=1S/C15H21ClN2O2/c1-2-17(10-11-19)14-8-5-9-18(15(14)20)13-7-4-3-6-12(13)16/h3-4,6-7,14,19H,2,5,8-11H2,1H3. The maximum Gasteiger partial charge on any atom is 0.244 e. The van der Waals surface area contributed by atoms with Gasteiger partial charge >= 0.3 is 0 Å². The molecule has 0 aliphatic carbocycles. The van der Waals surface area contributed by atoms with E-state index >= 15 is 0 Å². The van der Waals surface area contributed by atoms with Crippen LogP contribution in [0.4, 0.5) is 5.69 Å². The van der Waals surface area contributed by atoms with Crippen LogP contribution >= 0.6 is 11.6 Å². The van der Waals surface area contributed by atoms with Crippen LogP contribution in [0.15, 0.2) is 24.3 Å². The van der Waals surface area contributed by atoms with Crippen molar-refractivity contribution in [1.82, 2.24) is 4.90 Å². The molecule has 20 heavy (non-hydrogen) atoms. The van der Waals surface area contributed by atoms with E-state index in [1.54, 1.807) is 11.0 Å². The van der Waals surface area contributed by atoms with Gasteiger partial charge in [0.2, 0.25) is 5.91 Å². The van der Waals surface area contributed by atoms with E-state index in [1.165, 1.54) is 0 Å². The molecule has 1 fully saturated rings. The first-order valence-corrected chi connectivity index (χ1v) is 7.47. The molecule has 110 valence electrons. The summed E-state index contributed by atoms with van der Waals surface area (Å²) in [7, 11) is 0. The lowest BCUT2D eigenvalue weighted by molar-refractivity contribution is -0.125. The predicted octanol–water partition coefficient (Wildman–Crippen LogP) is 2.15. The number of carbonyl (C=O) groups is 1. The molecule has 1 unspecified atom stereocenters. The highest BCUT2D eigenvalue weighted by Gasteiger charge is 2.33. The minimum atomic E-state index is -0.155. The number of amides is 1. The second-order valence-corrected chi connectivity index (χ2v) is 5.36. The highest BCUT2D eigenvalue weighted by atomic mass is 35.5. The maximum absolute atomic E-state index is 12.7. The van der Waals surface area contributed by atoms with Crippen molar-refractivity contribution in [2.45, 2.75) is 25.8 Å². The van der Waals surface area contributed by atoms with Crippen molar-refractivity contribution in [2.24, 2.45) is 0 Å². The van der Waals surface area contributed by atoms with Crippen LogP contribution in [0.5, 0.6) is 0 Å². The summed E-state index contributed by atoms with van der Waals surface area (Å²) in [6, 6.07) is 7.28. The van der Waals surface area contributed by atoms with Gasteiger partial charge in [0, 0.05) is 13.1 Å². The zero-order valence-electron chi connectivity index (χ0n) is 11.8. The molecule has 0 spiro atoms. The van der Waals surface area contributed by atoms with Crippen LogP contribution in [0.1, 0.15) is 19.8 Å². The maximum atomic E-state index is 12.7. The van der Waals surface area contributed by atoms with Crippen LogP contribution in [0.2, 0.25) is 5.02 Å². The van der Waals surface area contributed by atoms with Crippen LogP contribution in [-0.2, 0) is 4.79 Å². The third-order valence-corrected chi connectivity index (χ3v) is 4.11. The van der Waals surface area contributed by atoms with Crippen molar-refractivity contribution in [1.29, 1.82) is 0 Å². The van der Waals surface area contributed by atoms with Gasteiger partial charge < -0.3 is 10.0 Å². The summed E-state index contributed by atoms with van der Waals surface area (Å²) in [6.45, 7) is 4.08. The molecule has 5 heteroatoms. The highest BCUT2D eigenvalue weighted by molar-refractivity contribution is 6.33. The molecule has 1 aromatic carbocycles. The van der Waals surface area contributed by atoms with E-state index in [-0.39, 0.29) is 18.6 Å². The molecule has 4 nitrogen and oxygen atoms in total. The van der Waals surface area contributed by atoms with E-state index in [1.807, 2.05) is 30.0 Å². The van der Waals surface area contributed by atoms with Gasteiger partial charge in [-0.3, -0.25) is 9.69 Å². The minimum Gasteiger partial charge on any atom is -0.395 e. The lowest BCUT2D eigenvalue weighted by Gasteiger charge is -2.38. The number of piperidine rings is 1. The second kappa shape index (κ2) is 7.07. The molecule has 1 amide bonds. The molecular formula is C15H21ClN2O2. The first kappa shape index (κ1) is 15.3. The Morgan fingerprint density at radius 1 is 1.45 bits per heavy atom. The smallest absolute Gasteiger partial charge is 0.244 e. The van der Waals surface area contributed by atoms with Crippen LogP contribution in [0.3, 0.4) is 0 Å². The molecule has 0 bridgehead atoms. The third kappa shape index (κ3) is 3.14. The van der Waals surface area contributed by atoms with Gasteiger partial charge in [0.25, 0.3) is 0 Å². The van der Waals surface area contributed by atoms with Crippen molar-refractivity contribution in [3.05, 3.63) is 29.3 Å². The van der Waals surface area contributed by atoms with Crippen molar-refractivity contribution in [2.75, 3.05) is 31.1 Å². The molecular weight excluding hydrogens is 276 g/mol. The van der Waals surface area contributed by atoms with Crippen LogP contribution in [0, 0.1) is 0 Å². The Balaban J connectivity index is 2.20. The monoisotopic (exact) mass is 296 g/mol. The van der Waals surface area contributed by atoms with Gasteiger partial charge in [0.05, 0.1) is 23.4 Å². The summed E-state index contributed by atoms with van der Waals surface area (Å²) < 4.78 is 0. The molecule has 1 N–H and O–H groups in total. The average Bonchev–Trinajstić information content (AvgIpc) is 2.46. The Kier molecular flexibility index (Phi) is 5.40. The molecule has 1 aliphatic rings. The Bertz CT molecular complexity index is 467. The third-order valence-electron chi connectivity index (χ3n) is 3.79. The molecule has 2 rings (SSSR count). The molecule has 1 saturated heterocycles. The van der Waals surface area contributed by atoms with Gasteiger partial charge in [-0.15, -0.1) is 0 Å². The van der Waals surface area contributed by atoms with Gasteiger partial charge in [-0.05, 0) is 31.5 Å². The fraction of sp³-hybridized carbons (Fsp3) is 0.533. The number of aliphatic hydroxyl groups excluding tert-OH is 1. The summed E-state index contributed by atoms with van der Waals surface area (Å²) in [5.41, 5.74) is 0.781. The first-order chi connectivity index (χ1) is 9.69. The number of carbonyl (C=O) groups excluding carboxylic acids is 1. The van der Waals surface area contributed by atoms with Crippen LogP contribution in [0.25, 0.3) is 0 Å². The molecule has 0 aromatic heterocycles. The molecule has 1 aliphatic heterocycles. The summed E-state index contributed by atoms with van der Waals surface area (Å²) in [6.07, 6.45) is 1.79. The van der Waals surface area contributed by atoms with E-state index in [0.717, 1.165) is 25.1 Å². The number of nitrogens with zero attached hydrogens (tertiary/aromatic N) is 2. The number of aliphatic hydroxyl groups is 1. The molecule has 1 aromatic rings. The van der Waals surface area contributed by atoms with Crippen LogP contribution < -0.4 is 4.90 Å². The Hall–Kier alpha value is -1.10. The van der Waals surface area contributed by atoms with Crippen molar-refractivity contribution < 1.29 is 9.90 Å². The summed E-state index contributed by atoms with van der Waals surface area (Å²) in [5.74, 6) is 0.0830. The lowest BCUT2D eigenvalue weighted by atomic mass is 10.0. The number of hydrogen-bond donors (Lipinski definition) is 1. The molecule has 0 saturated carbocycles. The van der Waals surface area contributed by atoms with Gasteiger partial charge in [0.1, 0.15) is 0 Å². The SMILES string of the molecule is CCN(CCO)C1CCCN(c2ccccc2Cl)C1=O. The first-order valence-electron chi connectivity index (χ1n) is 7.09. The van der Waals surface area contributed by atoms with E-state index in [9.17, 15) is 4.79 Å². The molecule has 1 atom stereocenters. The number of rotatable bonds is 5. The van der Waals surface area contributed by atoms with E-state index in [0.29, 0.717) is 18.1 Å². The van der Waals surface area contributed by atoms with E-state index < -0.39 is 0 Å². The minimum absolute atomic E-state index is 0.0731. The van der Waals surface area contributed by atoms with Crippen LogP contribution in [-0.4, -0.2) is 48.2 Å². The Morgan fingerprint density at radius 2 is 2.20 bits per heavy atom. The van der Waals surface area contributed by atoms with Crippen molar-refractivity contribution in [3.8, 4) is 0 Å². The van der Waals surface area contributed by atoms with Gasteiger partial charge in [-0.2, -0.15) is 0 Å². The normalized spacial score (nSPS) is 19.7. The number of hydrogen-bond acceptors (Lipinski definition) is 3. The quantitative estimate of drug-likeness (QED) is 0.905. The number of halogens is 1. The lowest BCUT2D eigenvalue weighted by Crippen LogP contribution is -2.53. The fourth-order valence-corrected chi connectivity index (χ4v) is 3.01. The Labute approximate surface area is 124 Å². The van der Waals surface area contributed by atoms with E-state index in [4.69, 9.17) is 16.7 Å². The van der Waals surface area contributed by atoms with Gasteiger partial charge in [-0.1, -0.05) is 30.7 Å². The number of likely N-dealkylation sites (N-methyl/N-ethyl adjacent to an activating group) is 1. The van der Waals surface area contributed by atoms with E-state index in [2.05, 4.69) is 0 Å². The number of para-hydroxylation sites is 1. The highest BCUT2D eigenvalue weighted by Crippen LogP contribution is 2.29. The summed E-state index contributed by atoms with van der Waals surface area (Å²) in [4.78, 5) is 16.5. The second-order valence-electron chi connectivity index (χ2n) is 4.95.